The van der Waals surface area contributed by atoms with E-state index in [-0.39, 0.29) is 113 Å². The van der Waals surface area contributed by atoms with Crippen LogP contribution in [0.1, 0.15) is 13.8 Å². The van der Waals surface area contributed by atoms with Crippen LogP contribution in [0, 0.1) is 6.08 Å². The molecule has 0 spiro atoms. The Morgan fingerprint density at radius 3 is 2.02 bits per heavy atom. The van der Waals surface area contributed by atoms with E-state index >= 15 is 0 Å². The van der Waals surface area contributed by atoms with E-state index in [0.717, 1.165) is 36.6 Å². The molecule has 0 aliphatic carbocycles. The Kier molecular flexibility index (Phi) is 18.4. The van der Waals surface area contributed by atoms with Crippen LogP contribution in [0.25, 0.3) is 21.5 Å². The fourth-order valence-electron chi connectivity index (χ4n) is 7.62. The van der Waals surface area contributed by atoms with Crippen LogP contribution in [0.2, 0.25) is 5.28 Å². The Balaban J connectivity index is 1.06. The highest BCUT2D eigenvalue weighted by molar-refractivity contribution is 7.94. The lowest BCUT2D eigenvalue weighted by atomic mass is 10.1. The molecule has 1 amide bonds. The average molecular weight is 1270 g/mol. The van der Waals surface area contributed by atoms with Crippen molar-refractivity contribution in [3.8, 4) is 5.75 Å². The number of carbonyl (C=O) groups excluding carboxylic acids is 1. The number of nitrogens with one attached hydrogen (secondary N) is 5. The number of aromatic nitrogens is 6. The van der Waals surface area contributed by atoms with Crippen molar-refractivity contribution in [2.24, 2.45) is 20.5 Å². The van der Waals surface area contributed by atoms with E-state index in [1.54, 1.807) is 6.92 Å². The largest absolute Gasteiger partial charge is 0.494 e. The normalized spacial score (nSPS) is 12.6. The summed E-state index contributed by atoms with van der Waals surface area (Å²) in [4.78, 5) is 34.1. The van der Waals surface area contributed by atoms with Crippen LogP contribution < -0.4 is 31.3 Å². The zero-order valence-corrected chi connectivity index (χ0v) is 47.5. The zero-order valence-electron chi connectivity index (χ0n) is 42.7. The first-order chi connectivity index (χ1) is 39.6. The average Bonchev–Trinajstić information content (AvgIpc) is 1.72. The molecule has 2 heterocycles. The Bertz CT molecular complexity index is 4480. The van der Waals surface area contributed by atoms with Crippen molar-refractivity contribution in [2.75, 3.05) is 40.2 Å². The minimum atomic E-state index is -5.15. The Labute approximate surface area is 483 Å². The molecule has 438 valence electrons. The van der Waals surface area contributed by atoms with Crippen molar-refractivity contribution in [3.63, 3.8) is 0 Å². The number of halogens is 2. The molecule has 6 aromatic carbocycles. The van der Waals surface area contributed by atoms with Crippen molar-refractivity contribution in [1.82, 2.24) is 29.9 Å². The van der Waals surface area contributed by atoms with Crippen LogP contribution in [0.4, 0.5) is 68.0 Å². The van der Waals surface area contributed by atoms with Crippen LogP contribution >= 0.6 is 23.6 Å². The number of benzene rings is 6. The molecule has 84 heavy (non-hydrogen) atoms. The second-order valence-corrected chi connectivity index (χ2v) is 24.1. The van der Waals surface area contributed by atoms with Gasteiger partial charge in [-0.1, -0.05) is 23.7 Å². The van der Waals surface area contributed by atoms with Gasteiger partial charge in [0, 0.05) is 57.7 Å². The molecule has 0 fully saturated rings. The van der Waals surface area contributed by atoms with E-state index in [0.29, 0.717) is 5.69 Å². The van der Waals surface area contributed by atoms with Crippen LogP contribution in [-0.2, 0) is 54.4 Å². The molecule has 0 aliphatic heterocycles. The van der Waals surface area contributed by atoms with E-state index in [9.17, 15) is 56.5 Å². The lowest BCUT2D eigenvalue weighted by molar-refractivity contribution is -0.432. The molecule has 38 heteroatoms. The van der Waals surface area contributed by atoms with Crippen LogP contribution in [0.15, 0.2) is 148 Å². The van der Waals surface area contributed by atoms with Crippen molar-refractivity contribution in [3.05, 3.63) is 114 Å². The zero-order chi connectivity index (χ0) is 60.9. The maximum Gasteiger partial charge on any atom is 0.315 e. The number of carbonyl (C=O) groups is 1. The lowest BCUT2D eigenvalue weighted by Crippen LogP contribution is -2.27. The highest BCUT2D eigenvalue weighted by atomic mass is 35.5. The smallest absolute Gasteiger partial charge is 0.315 e. The van der Waals surface area contributed by atoms with Crippen molar-refractivity contribution >= 4 is 155 Å². The number of ether oxygens (including phenoxy) is 1. The number of nitrogens with zero attached hydrogens (tertiary/aromatic N) is 10. The van der Waals surface area contributed by atoms with Gasteiger partial charge in [0.1, 0.15) is 37.5 Å². The molecule has 0 saturated heterocycles. The molecular formula is C46H39ClFN15O16S5. The number of sulfone groups is 1. The molecule has 8 aromatic rings. The van der Waals surface area contributed by atoms with Crippen LogP contribution in [-0.4, -0.2) is 108 Å². The highest BCUT2D eigenvalue weighted by Crippen LogP contribution is 2.43. The Hall–Kier alpha value is -8.60. The predicted octanol–water partition coefficient (Wildman–Crippen LogP) is 9.44. The summed E-state index contributed by atoms with van der Waals surface area (Å²) in [7, 11) is -17.6. The molecular weight excluding hydrogens is 1230 g/mol. The summed E-state index contributed by atoms with van der Waals surface area (Å²) >= 11 is 6.58. The van der Waals surface area contributed by atoms with E-state index in [1.165, 1.54) is 73.8 Å². The molecule has 0 aliphatic rings. The summed E-state index contributed by atoms with van der Waals surface area (Å²) < 4.78 is 155. The van der Waals surface area contributed by atoms with Gasteiger partial charge in [0.15, 0.2) is 9.84 Å². The third-order valence-corrected chi connectivity index (χ3v) is 15.9. The third-order valence-electron chi connectivity index (χ3n) is 11.1. The maximum atomic E-state index is 14.5. The van der Waals surface area contributed by atoms with Gasteiger partial charge in [0.05, 0.1) is 41.1 Å². The second kappa shape index (κ2) is 25.1. The number of hydrogen-bond acceptors (Lipinski definition) is 28. The third kappa shape index (κ3) is 15.0. The number of rotatable bonds is 23. The van der Waals surface area contributed by atoms with E-state index in [4.69, 9.17) is 21.6 Å². The van der Waals surface area contributed by atoms with Crippen molar-refractivity contribution < 1.29 is 75.9 Å². The number of fused-ring (bicyclic) bond motifs is 2. The van der Waals surface area contributed by atoms with Gasteiger partial charge in [-0.25, -0.2) is 13.7 Å². The Morgan fingerprint density at radius 1 is 0.714 bits per heavy atom. The molecule has 9 N–H and O–H groups in total. The standard InChI is InChI=1S/C46H39ClFN15O16S5/c1-5-81(66,67)27-11-9-25(10-12-27)52-45-57-42(48)56-44(59-45)50-22(2)21-49-43-54-41(47)55-46(58-43)53-31-14-13-30(28-7-6-8-37(40(28)31)82(68,69)70)60-62-34-19-32(51-23(3)64)33(20-36(34)77-4)61-63-35-18-29-24(16-39(35)84(74,75)76)15-26(80-79-78-65)17-38(29)83(71,72)73/h5-20,22,65H,1,21H2,2-4H3,(H,51,64)(H,68,69,70)(H,71,72,73)(H,74,75,76)(H2,49,53,54,55,58)(H2,50,52,56,57,59). The topological polar surface area (TPSA) is 449 Å². The fourth-order valence-corrected chi connectivity index (χ4v) is 11.1. The summed E-state index contributed by atoms with van der Waals surface area (Å²) in [6.07, 6.45) is -1.14. The molecule has 31 nitrogen and oxygen atoms in total. The minimum Gasteiger partial charge on any atom is -0.494 e. The van der Waals surface area contributed by atoms with Crippen LogP contribution in [0.5, 0.6) is 5.75 Å². The van der Waals surface area contributed by atoms with Gasteiger partial charge in [-0.2, -0.15) is 59.5 Å². The molecule has 0 bridgehead atoms. The molecule has 2 aromatic heterocycles. The Morgan fingerprint density at radius 2 is 1.36 bits per heavy atom. The molecule has 1 unspecified atom stereocenters. The quantitative estimate of drug-likeness (QED) is 0.00945. The lowest BCUT2D eigenvalue weighted by Gasteiger charge is -2.16. The monoisotopic (exact) mass is 1270 g/mol. The van der Waals surface area contributed by atoms with Gasteiger partial charge in [0.2, 0.25) is 35.0 Å². The summed E-state index contributed by atoms with van der Waals surface area (Å²) in [5.74, 6) is -1.45. The summed E-state index contributed by atoms with van der Waals surface area (Å²) in [6.45, 7) is 6.13. The van der Waals surface area contributed by atoms with Gasteiger partial charge in [-0.05, 0) is 96.7 Å². The number of methoxy groups -OCH3 is 1. The first-order valence-electron chi connectivity index (χ1n) is 23.1. The number of hydrogen-bond donors (Lipinski definition) is 9. The first kappa shape index (κ1) is 61.5. The van der Waals surface area contributed by atoms with Gasteiger partial charge in [-0.3, -0.25) is 18.5 Å². The van der Waals surface area contributed by atoms with E-state index in [2.05, 4.69) is 92.9 Å². The second-order valence-electron chi connectivity index (χ2n) is 17.0. The fraction of sp³-hybridized carbons (Fsp3) is 0.109. The molecule has 0 saturated carbocycles. The number of azo groups is 2. The minimum absolute atomic E-state index is 0.000223. The molecule has 8 rings (SSSR count). The van der Waals surface area contributed by atoms with Gasteiger partial charge in [0.25, 0.3) is 30.4 Å². The van der Waals surface area contributed by atoms with Crippen molar-refractivity contribution in [2.45, 2.75) is 44.4 Å². The number of amides is 1. The van der Waals surface area contributed by atoms with Gasteiger partial charge in [-0.15, -0.1) is 24.8 Å². The highest BCUT2D eigenvalue weighted by Gasteiger charge is 2.25. The van der Waals surface area contributed by atoms with Crippen LogP contribution in [0.3, 0.4) is 0 Å². The van der Waals surface area contributed by atoms with Gasteiger partial charge >= 0.3 is 6.08 Å². The van der Waals surface area contributed by atoms with Gasteiger partial charge < -0.3 is 31.3 Å². The maximum absolute atomic E-state index is 14.5. The SMILES string of the molecule is C=CS(=O)(=O)c1ccc(Nc2nc(F)nc(NC(C)CNc3nc(Cl)nc(Nc4ccc(N=Nc5cc(NC(C)=O)c(N=Nc6cc7c(S(=O)(=O)O)cc(SOOO)cc7cc6S(=O)(=O)O)cc5OC)c5cccc(S(=O)(=O)O)c45)n3)n2)cc1. The summed E-state index contributed by atoms with van der Waals surface area (Å²) in [5.41, 5.74) is -0.763. The molecule has 1 atom stereocenters. The molecule has 0 radical (unpaired) electrons. The van der Waals surface area contributed by atoms with E-state index < -0.39 is 78.6 Å². The summed E-state index contributed by atoms with van der Waals surface area (Å²) in [6, 6.07) is 17.7. The van der Waals surface area contributed by atoms with Crippen molar-refractivity contribution in [1.29, 1.82) is 0 Å². The summed E-state index contributed by atoms with van der Waals surface area (Å²) in [5, 5.41) is 42.7. The number of anilines is 7. The first-order valence-corrected chi connectivity index (χ1v) is 30.0. The van der Waals surface area contributed by atoms with E-state index in [1.807, 2.05) is 0 Å². The predicted molar refractivity (Wildman–Crippen MR) is 300 cm³/mol.